The summed E-state index contributed by atoms with van der Waals surface area (Å²) in [6.07, 6.45) is 1.45. The maximum absolute atomic E-state index is 12.9. The Balaban J connectivity index is 1.91. The fourth-order valence-corrected chi connectivity index (χ4v) is 2.80. The molecule has 2 heterocycles. The van der Waals surface area contributed by atoms with Crippen molar-refractivity contribution < 1.29 is 13.9 Å². The molecule has 0 saturated heterocycles. The molecule has 0 saturated carbocycles. The van der Waals surface area contributed by atoms with E-state index in [-0.39, 0.29) is 23.4 Å². The number of rotatable bonds is 6. The van der Waals surface area contributed by atoms with E-state index in [4.69, 9.17) is 4.74 Å². The number of hydrogen-bond donors (Lipinski definition) is 1. The van der Waals surface area contributed by atoms with Crippen LogP contribution in [-0.2, 0) is 24.9 Å². The van der Waals surface area contributed by atoms with Crippen molar-refractivity contribution in [2.24, 2.45) is 7.05 Å². The van der Waals surface area contributed by atoms with Gasteiger partial charge in [-0.15, -0.1) is 0 Å². The van der Waals surface area contributed by atoms with Crippen LogP contribution in [0.25, 0.3) is 11.0 Å². The quantitative estimate of drug-likeness (QED) is 0.681. The predicted octanol–water partition coefficient (Wildman–Crippen LogP) is 0.949. The average Bonchev–Trinajstić information content (AvgIpc) is 2.69. The molecule has 8 nitrogen and oxygen atoms in total. The molecule has 0 unspecified atom stereocenters. The van der Waals surface area contributed by atoms with Crippen molar-refractivity contribution in [2.45, 2.75) is 20.0 Å². The Morgan fingerprint density at radius 3 is 2.61 bits per heavy atom. The molecule has 0 aliphatic rings. The molecule has 0 spiro atoms. The molecule has 3 aromatic rings. The van der Waals surface area contributed by atoms with Crippen LogP contribution >= 0.6 is 0 Å². The highest BCUT2D eigenvalue weighted by Gasteiger charge is 2.17. The Morgan fingerprint density at radius 2 is 1.93 bits per heavy atom. The second kappa shape index (κ2) is 8.03. The maximum atomic E-state index is 12.9. The van der Waals surface area contributed by atoms with E-state index in [9.17, 15) is 18.8 Å². The number of carbonyl (C=O) groups is 1. The fraction of sp³-hybridized carbons (Fsp3) is 0.263. The van der Waals surface area contributed by atoms with Crippen LogP contribution in [0.3, 0.4) is 0 Å². The van der Waals surface area contributed by atoms with Gasteiger partial charge in [-0.2, -0.15) is 0 Å². The third-order valence-corrected chi connectivity index (χ3v) is 4.19. The van der Waals surface area contributed by atoms with Gasteiger partial charge in [0, 0.05) is 19.8 Å². The highest BCUT2D eigenvalue weighted by atomic mass is 19.1. The first kappa shape index (κ1) is 19.3. The summed E-state index contributed by atoms with van der Waals surface area (Å²) in [6, 6.07) is 7.19. The molecule has 3 rings (SSSR count). The number of nitrogens with zero attached hydrogens (tertiary/aromatic N) is 3. The van der Waals surface area contributed by atoms with E-state index in [2.05, 4.69) is 10.3 Å². The van der Waals surface area contributed by atoms with Crippen LogP contribution in [0.2, 0.25) is 0 Å². The number of aromatic nitrogens is 3. The van der Waals surface area contributed by atoms with Crippen molar-refractivity contribution in [1.82, 2.24) is 19.4 Å². The molecule has 1 N–H and O–H groups in total. The topological polar surface area (TPSA) is 95.2 Å². The SMILES string of the molecule is CCOc1ccnc2c1c(=O)n(CC(=O)NCc1ccc(F)cc1)c(=O)n2C. The van der Waals surface area contributed by atoms with E-state index in [1.54, 1.807) is 6.92 Å². The monoisotopic (exact) mass is 386 g/mol. The number of aryl methyl sites for hydroxylation is 1. The van der Waals surface area contributed by atoms with Crippen LogP contribution in [0, 0.1) is 5.82 Å². The van der Waals surface area contributed by atoms with Gasteiger partial charge in [0.1, 0.15) is 23.5 Å². The Labute approximate surface area is 159 Å². The third kappa shape index (κ3) is 3.78. The summed E-state index contributed by atoms with van der Waals surface area (Å²) in [4.78, 5) is 41.8. The van der Waals surface area contributed by atoms with Gasteiger partial charge in [-0.05, 0) is 30.7 Å². The number of hydrogen-bond acceptors (Lipinski definition) is 5. The van der Waals surface area contributed by atoms with E-state index in [0.29, 0.717) is 17.9 Å². The van der Waals surface area contributed by atoms with Crippen molar-refractivity contribution >= 4 is 16.9 Å². The van der Waals surface area contributed by atoms with Gasteiger partial charge in [0.2, 0.25) is 5.91 Å². The van der Waals surface area contributed by atoms with Crippen LogP contribution < -0.4 is 21.3 Å². The predicted molar refractivity (Wildman–Crippen MR) is 101 cm³/mol. The highest BCUT2D eigenvalue weighted by molar-refractivity contribution is 5.81. The fourth-order valence-electron chi connectivity index (χ4n) is 2.80. The molecule has 1 amide bonds. The van der Waals surface area contributed by atoms with Crippen molar-refractivity contribution in [3.63, 3.8) is 0 Å². The van der Waals surface area contributed by atoms with E-state index in [1.165, 1.54) is 48.1 Å². The smallest absolute Gasteiger partial charge is 0.332 e. The number of pyridine rings is 1. The van der Waals surface area contributed by atoms with Crippen LogP contribution in [0.4, 0.5) is 4.39 Å². The lowest BCUT2D eigenvalue weighted by atomic mass is 10.2. The van der Waals surface area contributed by atoms with E-state index in [1.807, 2.05) is 0 Å². The minimum Gasteiger partial charge on any atom is -0.493 e. The minimum atomic E-state index is -0.657. The van der Waals surface area contributed by atoms with Gasteiger partial charge >= 0.3 is 5.69 Å². The number of benzene rings is 1. The maximum Gasteiger partial charge on any atom is 0.332 e. The lowest BCUT2D eigenvalue weighted by Crippen LogP contribution is -2.43. The first-order chi connectivity index (χ1) is 13.4. The number of halogens is 1. The zero-order valence-electron chi connectivity index (χ0n) is 15.4. The molecule has 28 heavy (non-hydrogen) atoms. The van der Waals surface area contributed by atoms with Gasteiger partial charge < -0.3 is 10.1 Å². The summed E-state index contributed by atoms with van der Waals surface area (Å²) < 4.78 is 20.4. The van der Waals surface area contributed by atoms with Crippen molar-refractivity contribution in [2.75, 3.05) is 6.61 Å². The standard InChI is InChI=1S/C19H19FN4O4/c1-3-28-14-8-9-21-17-16(14)18(26)24(19(27)23(17)2)11-15(25)22-10-12-4-6-13(20)7-5-12/h4-9H,3,10-11H2,1-2H3,(H,22,25). The largest absolute Gasteiger partial charge is 0.493 e. The Hall–Kier alpha value is -3.49. The van der Waals surface area contributed by atoms with Gasteiger partial charge in [0.25, 0.3) is 5.56 Å². The van der Waals surface area contributed by atoms with Crippen LogP contribution in [-0.4, -0.2) is 26.6 Å². The molecule has 0 bridgehead atoms. The van der Waals surface area contributed by atoms with Gasteiger partial charge in [0.05, 0.1) is 6.61 Å². The summed E-state index contributed by atoms with van der Waals surface area (Å²) >= 11 is 0. The summed E-state index contributed by atoms with van der Waals surface area (Å²) in [6.45, 7) is 1.80. The number of carbonyl (C=O) groups excluding carboxylic acids is 1. The lowest BCUT2D eigenvalue weighted by molar-refractivity contribution is -0.121. The number of amides is 1. The Bertz CT molecular complexity index is 1140. The highest BCUT2D eigenvalue weighted by Crippen LogP contribution is 2.18. The molecule has 0 aliphatic heterocycles. The molecule has 0 aliphatic carbocycles. The van der Waals surface area contributed by atoms with E-state index >= 15 is 0 Å². The van der Waals surface area contributed by atoms with Gasteiger partial charge in [-0.3, -0.25) is 14.2 Å². The van der Waals surface area contributed by atoms with Gasteiger partial charge in [-0.25, -0.2) is 18.7 Å². The molecular weight excluding hydrogens is 367 g/mol. The summed E-state index contributed by atoms with van der Waals surface area (Å²) in [5, 5.41) is 2.75. The Morgan fingerprint density at radius 1 is 1.21 bits per heavy atom. The molecule has 0 atom stereocenters. The van der Waals surface area contributed by atoms with Gasteiger partial charge in [0.15, 0.2) is 5.65 Å². The zero-order chi connectivity index (χ0) is 20.3. The van der Waals surface area contributed by atoms with Crippen molar-refractivity contribution in [3.05, 3.63) is 68.7 Å². The van der Waals surface area contributed by atoms with Crippen LogP contribution in [0.1, 0.15) is 12.5 Å². The van der Waals surface area contributed by atoms with E-state index < -0.39 is 23.7 Å². The molecule has 146 valence electrons. The van der Waals surface area contributed by atoms with Crippen molar-refractivity contribution in [3.8, 4) is 5.75 Å². The van der Waals surface area contributed by atoms with E-state index in [0.717, 1.165) is 4.57 Å². The average molecular weight is 386 g/mol. The second-order valence-corrected chi connectivity index (χ2v) is 6.08. The first-order valence-corrected chi connectivity index (χ1v) is 8.64. The van der Waals surface area contributed by atoms with Gasteiger partial charge in [-0.1, -0.05) is 12.1 Å². The van der Waals surface area contributed by atoms with Crippen LogP contribution in [0.5, 0.6) is 5.75 Å². The summed E-state index contributed by atoms with van der Waals surface area (Å²) in [7, 11) is 1.47. The number of nitrogens with one attached hydrogen (secondary N) is 1. The minimum absolute atomic E-state index is 0.137. The summed E-state index contributed by atoms with van der Waals surface area (Å²) in [5.41, 5.74) is -0.428. The Kier molecular flexibility index (Phi) is 5.53. The van der Waals surface area contributed by atoms with Crippen LogP contribution in [0.15, 0.2) is 46.1 Å². The number of fused-ring (bicyclic) bond motifs is 1. The number of ether oxygens (including phenoxy) is 1. The van der Waals surface area contributed by atoms with Crippen molar-refractivity contribution in [1.29, 1.82) is 0 Å². The molecule has 2 aromatic heterocycles. The first-order valence-electron chi connectivity index (χ1n) is 8.64. The molecule has 0 fully saturated rings. The molecule has 9 heteroatoms. The zero-order valence-corrected chi connectivity index (χ0v) is 15.4. The molecule has 1 aromatic carbocycles. The lowest BCUT2D eigenvalue weighted by Gasteiger charge is -2.12. The molecule has 0 radical (unpaired) electrons. The summed E-state index contributed by atoms with van der Waals surface area (Å²) in [5.74, 6) is -0.599. The normalized spacial score (nSPS) is 10.8. The molecular formula is C19H19FN4O4. The second-order valence-electron chi connectivity index (χ2n) is 6.08. The third-order valence-electron chi connectivity index (χ3n) is 4.19.